The number of aryl methyl sites for hydroxylation is 1. The molecule has 1 aromatic rings. The molecule has 2 nitrogen and oxygen atoms in total. The maximum Gasteiger partial charge on any atom is 0.133 e. The van der Waals surface area contributed by atoms with Crippen LogP contribution in [0.15, 0.2) is 18.8 Å². The monoisotopic (exact) mass is 148 g/mol. The normalized spacial score (nSPS) is 9.27. The average molecular weight is 148 g/mol. The van der Waals surface area contributed by atoms with Gasteiger partial charge >= 0.3 is 0 Å². The molecule has 0 radical (unpaired) electrons. The number of hydrogen-bond acceptors (Lipinski definition) is 2. The number of nitrogens with one attached hydrogen (secondary N) is 1. The summed E-state index contributed by atoms with van der Waals surface area (Å²) in [5, 5.41) is 3.00. The van der Waals surface area contributed by atoms with Crippen molar-refractivity contribution in [2.45, 2.75) is 6.92 Å². The maximum atomic E-state index is 4.15. The highest BCUT2D eigenvalue weighted by Crippen LogP contribution is 2.16. The summed E-state index contributed by atoms with van der Waals surface area (Å²) in [5.41, 5.74) is 2.27. The summed E-state index contributed by atoms with van der Waals surface area (Å²) in [7, 11) is 1.86. The molecule has 0 aromatic carbocycles. The van der Waals surface area contributed by atoms with Crippen molar-refractivity contribution >= 4 is 11.9 Å². The van der Waals surface area contributed by atoms with Crippen LogP contribution < -0.4 is 5.32 Å². The van der Waals surface area contributed by atoms with Gasteiger partial charge in [-0.05, 0) is 18.6 Å². The topological polar surface area (TPSA) is 24.9 Å². The second kappa shape index (κ2) is 3.19. The molecule has 0 amide bonds. The van der Waals surface area contributed by atoms with E-state index < -0.39 is 0 Å². The van der Waals surface area contributed by atoms with E-state index in [1.165, 1.54) is 5.56 Å². The number of rotatable bonds is 2. The minimum atomic E-state index is 0.889. The lowest BCUT2D eigenvalue weighted by Gasteiger charge is -2.05. The number of anilines is 1. The van der Waals surface area contributed by atoms with Gasteiger partial charge in [-0.15, -0.1) is 0 Å². The van der Waals surface area contributed by atoms with Crippen molar-refractivity contribution in [1.29, 1.82) is 0 Å². The fourth-order valence-electron chi connectivity index (χ4n) is 1.03. The van der Waals surface area contributed by atoms with Gasteiger partial charge < -0.3 is 5.32 Å². The van der Waals surface area contributed by atoms with Crippen LogP contribution in [0.25, 0.3) is 6.08 Å². The van der Waals surface area contributed by atoms with E-state index in [1.807, 2.05) is 26.1 Å². The summed E-state index contributed by atoms with van der Waals surface area (Å²) >= 11 is 0. The van der Waals surface area contributed by atoms with Crippen LogP contribution in [0.4, 0.5) is 5.82 Å². The Kier molecular flexibility index (Phi) is 2.26. The first-order valence-corrected chi connectivity index (χ1v) is 3.55. The fourth-order valence-corrected chi connectivity index (χ4v) is 1.03. The summed E-state index contributed by atoms with van der Waals surface area (Å²) in [5.74, 6) is 0.889. The highest BCUT2D eigenvalue weighted by atomic mass is 15.0. The first-order valence-electron chi connectivity index (χ1n) is 3.55. The molecular weight excluding hydrogens is 136 g/mol. The first-order chi connectivity index (χ1) is 5.29. The van der Waals surface area contributed by atoms with E-state index in [1.54, 1.807) is 6.20 Å². The third-order valence-electron chi connectivity index (χ3n) is 1.65. The van der Waals surface area contributed by atoms with Gasteiger partial charge in [-0.3, -0.25) is 0 Å². The zero-order chi connectivity index (χ0) is 8.27. The van der Waals surface area contributed by atoms with E-state index in [0.29, 0.717) is 0 Å². The van der Waals surface area contributed by atoms with Crippen LogP contribution in [0.5, 0.6) is 0 Å². The third kappa shape index (κ3) is 1.40. The molecule has 2 heteroatoms. The third-order valence-corrected chi connectivity index (χ3v) is 1.65. The van der Waals surface area contributed by atoms with Crippen molar-refractivity contribution in [3.8, 4) is 0 Å². The molecule has 1 rings (SSSR count). The standard InChI is InChI=1S/C9H12N2/c1-4-8-7(2)5-6-11-9(8)10-3/h4-6H,1H2,2-3H3,(H,10,11). The Morgan fingerprint density at radius 1 is 1.64 bits per heavy atom. The van der Waals surface area contributed by atoms with Crippen LogP contribution in [0, 0.1) is 6.92 Å². The van der Waals surface area contributed by atoms with Crippen molar-refractivity contribution in [2.75, 3.05) is 12.4 Å². The Morgan fingerprint density at radius 2 is 2.36 bits per heavy atom. The molecule has 0 spiro atoms. The van der Waals surface area contributed by atoms with Gasteiger partial charge in [-0.2, -0.15) is 0 Å². The molecule has 0 aliphatic heterocycles. The van der Waals surface area contributed by atoms with Gasteiger partial charge in [0.2, 0.25) is 0 Å². The summed E-state index contributed by atoms with van der Waals surface area (Å²) in [6, 6.07) is 1.97. The smallest absolute Gasteiger partial charge is 0.133 e. The van der Waals surface area contributed by atoms with Gasteiger partial charge in [-0.25, -0.2) is 4.98 Å². The summed E-state index contributed by atoms with van der Waals surface area (Å²) in [6.07, 6.45) is 3.60. The van der Waals surface area contributed by atoms with Gasteiger partial charge in [0.15, 0.2) is 0 Å². The van der Waals surface area contributed by atoms with Crippen LogP contribution >= 0.6 is 0 Å². The lowest BCUT2D eigenvalue weighted by molar-refractivity contribution is 1.24. The van der Waals surface area contributed by atoms with Crippen molar-refractivity contribution in [3.05, 3.63) is 30.0 Å². The minimum Gasteiger partial charge on any atom is -0.373 e. The maximum absolute atomic E-state index is 4.15. The Hall–Kier alpha value is -1.31. The molecule has 0 fully saturated rings. The van der Waals surface area contributed by atoms with Crippen LogP contribution in [0.1, 0.15) is 11.1 Å². The number of pyridine rings is 1. The zero-order valence-corrected chi connectivity index (χ0v) is 6.89. The van der Waals surface area contributed by atoms with Crippen molar-refractivity contribution in [3.63, 3.8) is 0 Å². The van der Waals surface area contributed by atoms with Gasteiger partial charge in [-0.1, -0.05) is 12.7 Å². The lowest BCUT2D eigenvalue weighted by Crippen LogP contribution is -1.96. The molecule has 1 aromatic heterocycles. The molecule has 0 unspecified atom stereocenters. The van der Waals surface area contributed by atoms with E-state index >= 15 is 0 Å². The molecule has 0 bridgehead atoms. The van der Waals surface area contributed by atoms with Crippen molar-refractivity contribution in [2.24, 2.45) is 0 Å². The molecule has 58 valence electrons. The Balaban J connectivity index is 3.24. The Labute approximate surface area is 67.0 Å². The highest BCUT2D eigenvalue weighted by molar-refractivity contribution is 5.64. The van der Waals surface area contributed by atoms with Crippen molar-refractivity contribution < 1.29 is 0 Å². The molecule has 0 atom stereocenters. The SMILES string of the molecule is C=Cc1c(C)ccnc1NC. The lowest BCUT2D eigenvalue weighted by atomic mass is 10.1. The number of hydrogen-bond donors (Lipinski definition) is 1. The predicted molar refractivity (Wildman–Crippen MR) is 48.6 cm³/mol. The number of aromatic nitrogens is 1. The molecule has 0 aliphatic carbocycles. The van der Waals surface area contributed by atoms with Crippen LogP contribution in [-0.4, -0.2) is 12.0 Å². The quantitative estimate of drug-likeness (QED) is 0.694. The molecule has 11 heavy (non-hydrogen) atoms. The van der Waals surface area contributed by atoms with Gasteiger partial charge in [0.05, 0.1) is 0 Å². The number of nitrogens with zero attached hydrogens (tertiary/aromatic N) is 1. The second-order valence-electron chi connectivity index (χ2n) is 2.34. The highest BCUT2D eigenvalue weighted by Gasteiger charge is 1.99. The first kappa shape index (κ1) is 7.79. The van der Waals surface area contributed by atoms with Crippen LogP contribution in [0.2, 0.25) is 0 Å². The minimum absolute atomic E-state index is 0.889. The largest absolute Gasteiger partial charge is 0.373 e. The average Bonchev–Trinajstić information content (AvgIpc) is 2.04. The van der Waals surface area contributed by atoms with Crippen molar-refractivity contribution in [1.82, 2.24) is 4.98 Å². The zero-order valence-electron chi connectivity index (χ0n) is 6.89. The van der Waals surface area contributed by atoms with E-state index in [9.17, 15) is 0 Å². The van der Waals surface area contributed by atoms with E-state index in [-0.39, 0.29) is 0 Å². The van der Waals surface area contributed by atoms with Gasteiger partial charge in [0, 0.05) is 18.8 Å². The Bertz CT molecular complexity index is 266. The Morgan fingerprint density at radius 3 is 2.82 bits per heavy atom. The van der Waals surface area contributed by atoms with E-state index in [2.05, 4.69) is 16.9 Å². The van der Waals surface area contributed by atoms with E-state index in [4.69, 9.17) is 0 Å². The summed E-state index contributed by atoms with van der Waals surface area (Å²) in [6.45, 7) is 5.76. The second-order valence-corrected chi connectivity index (χ2v) is 2.34. The fraction of sp³-hybridized carbons (Fsp3) is 0.222. The summed E-state index contributed by atoms with van der Waals surface area (Å²) < 4.78 is 0. The predicted octanol–water partition coefficient (Wildman–Crippen LogP) is 2.07. The molecular formula is C9H12N2. The summed E-state index contributed by atoms with van der Waals surface area (Å²) in [4.78, 5) is 4.15. The van der Waals surface area contributed by atoms with E-state index in [0.717, 1.165) is 11.4 Å². The van der Waals surface area contributed by atoms with Gasteiger partial charge in [0.25, 0.3) is 0 Å². The van der Waals surface area contributed by atoms with Crippen LogP contribution in [-0.2, 0) is 0 Å². The molecule has 0 saturated heterocycles. The van der Waals surface area contributed by atoms with Crippen LogP contribution in [0.3, 0.4) is 0 Å². The molecule has 1 N–H and O–H groups in total. The molecule has 1 heterocycles. The van der Waals surface area contributed by atoms with Gasteiger partial charge in [0.1, 0.15) is 5.82 Å². The molecule has 0 aliphatic rings. The molecule has 0 saturated carbocycles.